The molecular formula is C46H73NO16. The topological polar surface area (TPSA) is 168 Å². The first-order valence-electron chi connectivity index (χ1n) is 22.6. The second-order valence-corrected chi connectivity index (χ2v) is 14.3. The molecule has 1 fully saturated rings. The molecule has 358 valence electrons. The lowest BCUT2D eigenvalue weighted by Crippen LogP contribution is -2.29. The highest BCUT2D eigenvalue weighted by Crippen LogP contribution is 2.44. The predicted molar refractivity (Wildman–Crippen MR) is 232 cm³/mol. The fraction of sp³-hybridized carbons (Fsp3) is 0.717. The fourth-order valence-electron chi connectivity index (χ4n) is 6.48. The summed E-state index contributed by atoms with van der Waals surface area (Å²) in [7, 11) is 0. The van der Waals surface area contributed by atoms with Crippen molar-refractivity contribution in [1.29, 1.82) is 0 Å². The Labute approximate surface area is 373 Å². The fourth-order valence-corrected chi connectivity index (χ4v) is 6.48. The Morgan fingerprint density at radius 1 is 0.460 bits per heavy atom. The van der Waals surface area contributed by atoms with E-state index >= 15 is 0 Å². The Hall–Kier alpha value is -2.85. The Morgan fingerprint density at radius 2 is 0.810 bits per heavy atom. The number of carbonyl (C=O) groups is 1. The molecule has 2 aromatic rings. The molecule has 1 aliphatic carbocycles. The van der Waals surface area contributed by atoms with Crippen molar-refractivity contribution in [2.75, 3.05) is 185 Å². The second-order valence-electron chi connectivity index (χ2n) is 14.3. The molecule has 1 heterocycles. The van der Waals surface area contributed by atoms with E-state index in [2.05, 4.69) is 29.6 Å². The molecule has 0 spiro atoms. The lowest BCUT2D eigenvalue weighted by molar-refractivity contribution is -0.169. The molecule has 0 radical (unpaired) electrons. The van der Waals surface area contributed by atoms with Crippen molar-refractivity contribution in [3.8, 4) is 11.1 Å². The number of alkyl carbamates (subject to hydrolysis) is 1. The molecule has 1 unspecified atom stereocenters. The third kappa shape index (κ3) is 25.4. The van der Waals surface area contributed by atoms with Crippen LogP contribution in [0.3, 0.4) is 0 Å². The molecular weight excluding hydrogens is 822 g/mol. The molecule has 1 amide bonds. The number of hydrogen-bond donors (Lipinski definition) is 1. The molecule has 17 heteroatoms. The van der Waals surface area contributed by atoms with Crippen LogP contribution in [-0.2, 0) is 71.1 Å². The molecule has 0 saturated carbocycles. The summed E-state index contributed by atoms with van der Waals surface area (Å²) < 4.78 is 82.8. The molecule has 63 heavy (non-hydrogen) atoms. The van der Waals surface area contributed by atoms with Gasteiger partial charge in [0.15, 0.2) is 6.29 Å². The molecule has 0 bridgehead atoms. The summed E-state index contributed by atoms with van der Waals surface area (Å²) in [6.07, 6.45) is 2.71. The first kappa shape index (κ1) is 52.8. The van der Waals surface area contributed by atoms with Crippen molar-refractivity contribution in [3.05, 3.63) is 59.7 Å². The van der Waals surface area contributed by atoms with Crippen molar-refractivity contribution in [1.82, 2.24) is 5.32 Å². The van der Waals surface area contributed by atoms with Gasteiger partial charge in [-0.2, -0.15) is 0 Å². The maximum atomic E-state index is 12.3. The number of nitrogens with one attached hydrogen (secondary N) is 1. The Morgan fingerprint density at radius 3 is 1.17 bits per heavy atom. The Kier molecular flexibility index (Phi) is 31.3. The number of rotatable bonds is 42. The summed E-state index contributed by atoms with van der Waals surface area (Å²) in [5, 5.41) is 2.75. The molecule has 1 atom stereocenters. The van der Waals surface area contributed by atoms with Crippen LogP contribution in [0, 0.1) is 0 Å². The number of ether oxygens (including phenoxy) is 15. The molecule has 1 N–H and O–H groups in total. The Balaban J connectivity index is 0.750. The molecule has 0 aromatic heterocycles. The van der Waals surface area contributed by atoms with Crippen LogP contribution in [-0.4, -0.2) is 197 Å². The van der Waals surface area contributed by atoms with E-state index in [-0.39, 0.29) is 18.8 Å². The number of amides is 1. The van der Waals surface area contributed by atoms with Crippen LogP contribution < -0.4 is 5.32 Å². The van der Waals surface area contributed by atoms with E-state index in [1.165, 1.54) is 22.3 Å². The van der Waals surface area contributed by atoms with Gasteiger partial charge in [-0.05, 0) is 41.5 Å². The SMILES string of the molecule is O=C(NCCOCCOCCOCCOCCOCCOCCOCCOCCOCCOCCOCCOCCOC1CCCCO1)OCC1c2ccccc2-c2ccccc21. The maximum absolute atomic E-state index is 12.3. The van der Waals surface area contributed by atoms with E-state index in [4.69, 9.17) is 71.1 Å². The normalized spacial score (nSPS) is 14.8. The lowest BCUT2D eigenvalue weighted by atomic mass is 9.98. The van der Waals surface area contributed by atoms with E-state index in [0.717, 1.165) is 25.9 Å². The predicted octanol–water partition coefficient (Wildman–Crippen LogP) is 4.27. The van der Waals surface area contributed by atoms with E-state index in [9.17, 15) is 4.79 Å². The van der Waals surface area contributed by atoms with Crippen LogP contribution in [0.1, 0.15) is 36.3 Å². The average Bonchev–Trinajstić information content (AvgIpc) is 3.63. The van der Waals surface area contributed by atoms with Crippen LogP contribution in [0.4, 0.5) is 4.79 Å². The molecule has 2 aliphatic rings. The van der Waals surface area contributed by atoms with Crippen molar-refractivity contribution in [2.24, 2.45) is 0 Å². The van der Waals surface area contributed by atoms with Gasteiger partial charge in [-0.3, -0.25) is 0 Å². The minimum Gasteiger partial charge on any atom is -0.449 e. The number of carbonyl (C=O) groups excluding carboxylic acids is 1. The summed E-state index contributed by atoms with van der Waals surface area (Å²) in [4.78, 5) is 12.3. The maximum Gasteiger partial charge on any atom is 0.407 e. The van der Waals surface area contributed by atoms with Crippen molar-refractivity contribution in [2.45, 2.75) is 31.5 Å². The highest BCUT2D eigenvalue weighted by molar-refractivity contribution is 5.79. The van der Waals surface area contributed by atoms with Gasteiger partial charge in [0.05, 0.1) is 165 Å². The number of fused-ring (bicyclic) bond motifs is 3. The zero-order valence-electron chi connectivity index (χ0n) is 37.2. The minimum absolute atomic E-state index is 0.0339. The van der Waals surface area contributed by atoms with Crippen LogP contribution in [0.5, 0.6) is 0 Å². The molecule has 2 aromatic carbocycles. The van der Waals surface area contributed by atoms with E-state index in [1.807, 2.05) is 24.3 Å². The smallest absolute Gasteiger partial charge is 0.407 e. The molecule has 4 rings (SSSR count). The third-order valence-electron chi connectivity index (χ3n) is 9.62. The van der Waals surface area contributed by atoms with Crippen molar-refractivity contribution < 1.29 is 75.8 Å². The second kappa shape index (κ2) is 37.4. The summed E-state index contributed by atoms with van der Waals surface area (Å²) in [6, 6.07) is 16.5. The van der Waals surface area contributed by atoms with Gasteiger partial charge in [0, 0.05) is 19.1 Å². The quantitative estimate of drug-likeness (QED) is 0.0939. The summed E-state index contributed by atoms with van der Waals surface area (Å²) >= 11 is 0. The first-order chi connectivity index (χ1) is 31.3. The van der Waals surface area contributed by atoms with Gasteiger partial charge in [0.2, 0.25) is 0 Å². The zero-order chi connectivity index (χ0) is 43.9. The third-order valence-corrected chi connectivity index (χ3v) is 9.62. The first-order valence-corrected chi connectivity index (χ1v) is 22.6. The molecule has 1 saturated heterocycles. The van der Waals surface area contributed by atoms with Gasteiger partial charge < -0.3 is 76.4 Å². The van der Waals surface area contributed by atoms with Gasteiger partial charge in [0.25, 0.3) is 0 Å². The van der Waals surface area contributed by atoms with E-state index in [0.29, 0.717) is 172 Å². The van der Waals surface area contributed by atoms with Gasteiger partial charge in [-0.1, -0.05) is 48.5 Å². The largest absolute Gasteiger partial charge is 0.449 e. The van der Waals surface area contributed by atoms with Crippen LogP contribution in [0.25, 0.3) is 11.1 Å². The van der Waals surface area contributed by atoms with Gasteiger partial charge in [-0.25, -0.2) is 4.79 Å². The minimum atomic E-state index is -0.454. The number of benzene rings is 2. The van der Waals surface area contributed by atoms with Crippen molar-refractivity contribution in [3.63, 3.8) is 0 Å². The van der Waals surface area contributed by atoms with Gasteiger partial charge >= 0.3 is 6.09 Å². The highest BCUT2D eigenvalue weighted by Gasteiger charge is 2.29. The molecule has 17 nitrogen and oxygen atoms in total. The molecule has 1 aliphatic heterocycles. The highest BCUT2D eigenvalue weighted by atomic mass is 16.7. The summed E-state index contributed by atoms with van der Waals surface area (Å²) in [5.41, 5.74) is 4.77. The number of hydrogen-bond acceptors (Lipinski definition) is 16. The lowest BCUT2D eigenvalue weighted by Gasteiger charge is -2.22. The zero-order valence-corrected chi connectivity index (χ0v) is 37.2. The summed E-state index contributed by atoms with van der Waals surface area (Å²) in [5.74, 6) is 0.0339. The van der Waals surface area contributed by atoms with Crippen LogP contribution in [0.15, 0.2) is 48.5 Å². The standard InChI is InChI=1S/C46H73NO16/c48-46(63-39-44-42-9-3-1-7-40(42)41-8-2-4-10-43(41)44)47-12-14-49-15-16-50-17-18-51-19-20-52-21-22-53-23-24-54-25-26-55-27-28-56-29-30-57-31-32-58-33-34-59-35-36-60-37-38-62-45-11-5-6-13-61-45/h1-4,7-10,44-45H,5-6,11-39H2,(H,47,48). The Bertz CT molecular complexity index is 1340. The van der Waals surface area contributed by atoms with E-state index in [1.54, 1.807) is 0 Å². The van der Waals surface area contributed by atoms with Crippen LogP contribution in [0.2, 0.25) is 0 Å². The monoisotopic (exact) mass is 895 g/mol. The van der Waals surface area contributed by atoms with Crippen LogP contribution >= 0.6 is 0 Å². The van der Waals surface area contributed by atoms with Gasteiger partial charge in [0.1, 0.15) is 6.61 Å². The van der Waals surface area contributed by atoms with Crippen molar-refractivity contribution >= 4 is 6.09 Å². The van der Waals surface area contributed by atoms with Gasteiger partial charge in [-0.15, -0.1) is 0 Å². The summed E-state index contributed by atoms with van der Waals surface area (Å²) in [6.45, 7) is 13.6. The van der Waals surface area contributed by atoms with E-state index < -0.39 is 6.09 Å². The average molecular weight is 896 g/mol.